The van der Waals surface area contributed by atoms with E-state index < -0.39 is 0 Å². The molecule has 0 aromatic carbocycles. The Bertz CT molecular complexity index is 353. The average molecular weight is 281 g/mol. The lowest BCUT2D eigenvalue weighted by molar-refractivity contribution is -0.139. The summed E-state index contributed by atoms with van der Waals surface area (Å²) in [5.74, 6) is 0.362. The Morgan fingerprint density at radius 3 is 2.85 bits per heavy atom. The molecule has 0 aliphatic carbocycles. The van der Waals surface area contributed by atoms with E-state index in [9.17, 15) is 9.59 Å². The van der Waals surface area contributed by atoms with Crippen molar-refractivity contribution in [1.82, 2.24) is 15.5 Å². The summed E-state index contributed by atoms with van der Waals surface area (Å²) >= 11 is 0. The van der Waals surface area contributed by atoms with Gasteiger partial charge in [-0.25, -0.2) is 0 Å². The molecule has 2 fully saturated rings. The van der Waals surface area contributed by atoms with Crippen LogP contribution >= 0.6 is 0 Å². The summed E-state index contributed by atoms with van der Waals surface area (Å²) in [6.07, 6.45) is 3.70. The molecular formula is C15H27N3O2. The van der Waals surface area contributed by atoms with E-state index in [1.165, 1.54) is 0 Å². The van der Waals surface area contributed by atoms with E-state index >= 15 is 0 Å². The SMILES string of the molecule is CCC(C)C(=O)N1CCCC(C(=O)NC2CCNC2)C1. The number of carbonyl (C=O) groups excluding carboxylic acids is 2. The van der Waals surface area contributed by atoms with Gasteiger partial charge in [0.05, 0.1) is 5.92 Å². The molecule has 5 nitrogen and oxygen atoms in total. The first kappa shape index (κ1) is 15.3. The first-order valence-corrected chi connectivity index (χ1v) is 7.91. The van der Waals surface area contributed by atoms with E-state index in [0.29, 0.717) is 6.54 Å². The third-order valence-electron chi connectivity index (χ3n) is 4.54. The number of nitrogens with one attached hydrogen (secondary N) is 2. The minimum atomic E-state index is -0.0302. The van der Waals surface area contributed by atoms with Gasteiger partial charge in [0, 0.05) is 31.6 Å². The summed E-state index contributed by atoms with van der Waals surface area (Å²) in [7, 11) is 0. The molecule has 0 aromatic heterocycles. The summed E-state index contributed by atoms with van der Waals surface area (Å²) in [4.78, 5) is 26.4. The van der Waals surface area contributed by atoms with Crippen molar-refractivity contribution in [2.24, 2.45) is 11.8 Å². The zero-order chi connectivity index (χ0) is 14.5. The van der Waals surface area contributed by atoms with Gasteiger partial charge in [-0.2, -0.15) is 0 Å². The molecule has 2 saturated heterocycles. The van der Waals surface area contributed by atoms with Crippen LogP contribution in [0.25, 0.3) is 0 Å². The largest absolute Gasteiger partial charge is 0.352 e. The Morgan fingerprint density at radius 1 is 1.40 bits per heavy atom. The van der Waals surface area contributed by atoms with Gasteiger partial charge in [0.1, 0.15) is 0 Å². The summed E-state index contributed by atoms with van der Waals surface area (Å²) in [6, 6.07) is 0.267. The van der Waals surface area contributed by atoms with Crippen LogP contribution in [0.2, 0.25) is 0 Å². The fourth-order valence-corrected chi connectivity index (χ4v) is 2.97. The van der Waals surface area contributed by atoms with Gasteiger partial charge in [0.25, 0.3) is 0 Å². The van der Waals surface area contributed by atoms with E-state index in [2.05, 4.69) is 10.6 Å². The molecule has 2 N–H and O–H groups in total. The Hall–Kier alpha value is -1.10. The topological polar surface area (TPSA) is 61.4 Å². The molecule has 0 bridgehead atoms. The number of amides is 2. The van der Waals surface area contributed by atoms with Crippen molar-refractivity contribution in [2.75, 3.05) is 26.2 Å². The smallest absolute Gasteiger partial charge is 0.225 e. The second-order valence-corrected chi connectivity index (χ2v) is 6.13. The van der Waals surface area contributed by atoms with Gasteiger partial charge >= 0.3 is 0 Å². The molecule has 114 valence electrons. The maximum atomic E-state index is 12.3. The maximum Gasteiger partial charge on any atom is 0.225 e. The first-order chi connectivity index (χ1) is 9.61. The van der Waals surface area contributed by atoms with Crippen molar-refractivity contribution in [3.05, 3.63) is 0 Å². The van der Waals surface area contributed by atoms with Crippen LogP contribution in [0.15, 0.2) is 0 Å². The van der Waals surface area contributed by atoms with E-state index in [1.807, 2.05) is 18.7 Å². The first-order valence-electron chi connectivity index (χ1n) is 7.91. The lowest BCUT2D eigenvalue weighted by Gasteiger charge is -2.34. The summed E-state index contributed by atoms with van der Waals surface area (Å²) < 4.78 is 0. The minimum absolute atomic E-state index is 0.0302. The van der Waals surface area contributed by atoms with E-state index in [0.717, 1.165) is 45.3 Å². The third kappa shape index (κ3) is 3.72. The average Bonchev–Trinajstić information content (AvgIpc) is 2.98. The number of hydrogen-bond acceptors (Lipinski definition) is 3. The zero-order valence-corrected chi connectivity index (χ0v) is 12.7. The molecule has 3 atom stereocenters. The molecule has 0 radical (unpaired) electrons. The molecule has 2 heterocycles. The summed E-state index contributed by atoms with van der Waals surface area (Å²) in [6.45, 7) is 7.25. The van der Waals surface area contributed by atoms with Crippen molar-refractivity contribution in [3.8, 4) is 0 Å². The van der Waals surface area contributed by atoms with Gasteiger partial charge in [-0.05, 0) is 32.2 Å². The van der Waals surface area contributed by atoms with E-state index in [4.69, 9.17) is 0 Å². The van der Waals surface area contributed by atoms with Crippen LogP contribution in [-0.2, 0) is 9.59 Å². The van der Waals surface area contributed by atoms with E-state index in [1.54, 1.807) is 0 Å². The minimum Gasteiger partial charge on any atom is -0.352 e. The van der Waals surface area contributed by atoms with Crippen LogP contribution in [0.5, 0.6) is 0 Å². The second kappa shape index (κ2) is 7.07. The molecule has 3 unspecified atom stereocenters. The highest BCUT2D eigenvalue weighted by Crippen LogP contribution is 2.19. The quantitative estimate of drug-likeness (QED) is 0.799. The molecule has 0 saturated carbocycles. The third-order valence-corrected chi connectivity index (χ3v) is 4.54. The number of hydrogen-bond donors (Lipinski definition) is 2. The van der Waals surface area contributed by atoms with Crippen LogP contribution in [-0.4, -0.2) is 48.9 Å². The van der Waals surface area contributed by atoms with E-state index in [-0.39, 0.29) is 29.7 Å². The number of carbonyl (C=O) groups is 2. The number of likely N-dealkylation sites (tertiary alicyclic amines) is 1. The summed E-state index contributed by atoms with van der Waals surface area (Å²) in [5, 5.41) is 6.36. The lowest BCUT2D eigenvalue weighted by atomic mass is 9.95. The molecule has 2 aliphatic rings. The molecule has 0 spiro atoms. The molecule has 20 heavy (non-hydrogen) atoms. The standard InChI is InChI=1S/C15H27N3O2/c1-3-11(2)15(20)18-8-4-5-12(10-18)14(19)17-13-6-7-16-9-13/h11-13,16H,3-10H2,1-2H3,(H,17,19). The van der Waals surface area contributed by atoms with Gasteiger partial charge < -0.3 is 15.5 Å². The Morgan fingerprint density at radius 2 is 2.20 bits per heavy atom. The van der Waals surface area contributed by atoms with Crippen LogP contribution in [0.4, 0.5) is 0 Å². The maximum absolute atomic E-state index is 12.3. The Labute approximate surface area is 121 Å². The van der Waals surface area contributed by atoms with Crippen LogP contribution in [0, 0.1) is 11.8 Å². The van der Waals surface area contributed by atoms with Crippen molar-refractivity contribution >= 4 is 11.8 Å². The fourth-order valence-electron chi connectivity index (χ4n) is 2.97. The fraction of sp³-hybridized carbons (Fsp3) is 0.867. The van der Waals surface area contributed by atoms with Crippen molar-refractivity contribution in [1.29, 1.82) is 0 Å². The van der Waals surface area contributed by atoms with Gasteiger partial charge in [-0.1, -0.05) is 13.8 Å². The number of piperidine rings is 1. The molecule has 2 amide bonds. The van der Waals surface area contributed by atoms with Crippen LogP contribution < -0.4 is 10.6 Å². The Balaban J connectivity index is 1.85. The highest BCUT2D eigenvalue weighted by atomic mass is 16.2. The monoisotopic (exact) mass is 281 g/mol. The predicted octanol–water partition coefficient (Wildman–Crippen LogP) is 0.749. The van der Waals surface area contributed by atoms with Crippen LogP contribution in [0.1, 0.15) is 39.5 Å². The van der Waals surface area contributed by atoms with Crippen LogP contribution in [0.3, 0.4) is 0 Å². The van der Waals surface area contributed by atoms with Crippen molar-refractivity contribution in [3.63, 3.8) is 0 Å². The normalized spacial score (nSPS) is 28.2. The summed E-state index contributed by atoms with van der Waals surface area (Å²) in [5.41, 5.74) is 0. The molecule has 5 heteroatoms. The zero-order valence-electron chi connectivity index (χ0n) is 12.7. The number of nitrogens with zero attached hydrogens (tertiary/aromatic N) is 1. The highest BCUT2D eigenvalue weighted by Gasteiger charge is 2.31. The van der Waals surface area contributed by atoms with Gasteiger partial charge in [-0.15, -0.1) is 0 Å². The molecule has 2 rings (SSSR count). The van der Waals surface area contributed by atoms with Gasteiger partial charge in [-0.3, -0.25) is 9.59 Å². The molecule has 2 aliphatic heterocycles. The molecular weight excluding hydrogens is 254 g/mol. The van der Waals surface area contributed by atoms with Crippen molar-refractivity contribution in [2.45, 2.75) is 45.6 Å². The molecule has 0 aromatic rings. The predicted molar refractivity (Wildman–Crippen MR) is 78.2 cm³/mol. The Kier molecular flexibility index (Phi) is 5.40. The lowest BCUT2D eigenvalue weighted by Crippen LogP contribution is -2.49. The van der Waals surface area contributed by atoms with Crippen molar-refractivity contribution < 1.29 is 9.59 Å². The highest BCUT2D eigenvalue weighted by molar-refractivity contribution is 5.82. The second-order valence-electron chi connectivity index (χ2n) is 6.13. The number of rotatable bonds is 4. The van der Waals surface area contributed by atoms with Gasteiger partial charge in [0.2, 0.25) is 11.8 Å². The van der Waals surface area contributed by atoms with Gasteiger partial charge in [0.15, 0.2) is 0 Å².